The van der Waals surface area contributed by atoms with Crippen molar-refractivity contribution in [2.24, 2.45) is 5.73 Å². The first-order valence-corrected chi connectivity index (χ1v) is 5.20. The Kier molecular flexibility index (Phi) is 5.23. The number of nitrogens with one attached hydrogen (secondary N) is 1. The van der Waals surface area contributed by atoms with E-state index in [1.165, 1.54) is 0 Å². The molecule has 0 atom stereocenters. The van der Waals surface area contributed by atoms with Crippen LogP contribution in [-0.2, 0) is 9.53 Å². The number of rotatable bonds is 5. The number of hydrogen-bond acceptors (Lipinski definition) is 4. The zero-order valence-electron chi connectivity index (χ0n) is 8.07. The van der Waals surface area contributed by atoms with Crippen LogP contribution in [0, 0.1) is 0 Å². The number of anilines is 1. The monoisotopic (exact) mass is 273 g/mol. The maximum atomic E-state index is 11.3. The van der Waals surface area contributed by atoms with Gasteiger partial charge in [0, 0.05) is 18.9 Å². The molecule has 0 saturated heterocycles. The van der Waals surface area contributed by atoms with Crippen LogP contribution in [0.25, 0.3) is 0 Å². The van der Waals surface area contributed by atoms with Crippen LogP contribution in [-0.4, -0.2) is 30.6 Å². The molecular formula is C9H12BrN3O2. The third kappa shape index (κ3) is 4.37. The van der Waals surface area contributed by atoms with E-state index in [2.05, 4.69) is 26.2 Å². The van der Waals surface area contributed by atoms with E-state index in [9.17, 15) is 4.79 Å². The smallest absolute Gasteiger partial charge is 0.250 e. The van der Waals surface area contributed by atoms with Gasteiger partial charge in [0.2, 0.25) is 5.91 Å². The maximum absolute atomic E-state index is 11.3. The van der Waals surface area contributed by atoms with E-state index in [1.54, 1.807) is 18.5 Å². The highest BCUT2D eigenvalue weighted by Crippen LogP contribution is 2.19. The summed E-state index contributed by atoms with van der Waals surface area (Å²) in [6, 6.07) is 1.70. The molecule has 0 aliphatic carbocycles. The van der Waals surface area contributed by atoms with Crippen LogP contribution in [0.2, 0.25) is 0 Å². The Labute approximate surface area is 96.1 Å². The molecule has 0 unspecified atom stereocenters. The summed E-state index contributed by atoms with van der Waals surface area (Å²) in [5.74, 6) is -0.213. The van der Waals surface area contributed by atoms with Crippen molar-refractivity contribution in [3.8, 4) is 0 Å². The van der Waals surface area contributed by atoms with Gasteiger partial charge in [-0.15, -0.1) is 0 Å². The number of carbonyl (C=O) groups is 1. The maximum Gasteiger partial charge on any atom is 0.250 e. The number of amides is 1. The second kappa shape index (κ2) is 6.49. The predicted octanol–water partition coefficient (Wildman–Crippen LogP) is 0.758. The zero-order chi connectivity index (χ0) is 11.1. The average molecular weight is 274 g/mol. The van der Waals surface area contributed by atoms with E-state index in [-0.39, 0.29) is 12.5 Å². The molecule has 82 valence electrons. The largest absolute Gasteiger partial charge is 0.370 e. The number of ether oxygens (including phenoxy) is 1. The number of carbonyl (C=O) groups excluding carboxylic acids is 1. The minimum atomic E-state index is -0.213. The summed E-state index contributed by atoms with van der Waals surface area (Å²) in [6.45, 7) is 0.795. The summed E-state index contributed by atoms with van der Waals surface area (Å²) in [5.41, 5.74) is 5.89. The molecule has 1 rings (SSSR count). The molecule has 0 fully saturated rings. The van der Waals surface area contributed by atoms with Gasteiger partial charge in [-0.3, -0.25) is 9.78 Å². The molecule has 0 aliphatic heterocycles. The summed E-state index contributed by atoms with van der Waals surface area (Å²) >= 11 is 3.27. The van der Waals surface area contributed by atoms with Crippen LogP contribution in [0.15, 0.2) is 22.9 Å². The fraction of sp³-hybridized carbons (Fsp3) is 0.333. The van der Waals surface area contributed by atoms with Crippen molar-refractivity contribution in [3.63, 3.8) is 0 Å². The van der Waals surface area contributed by atoms with E-state index in [0.29, 0.717) is 18.8 Å². The van der Waals surface area contributed by atoms with E-state index in [0.717, 1.165) is 4.47 Å². The Bertz CT molecular complexity index is 333. The van der Waals surface area contributed by atoms with Gasteiger partial charge in [0.1, 0.15) is 6.61 Å². The Balaban J connectivity index is 2.41. The third-order valence-corrected chi connectivity index (χ3v) is 2.17. The highest BCUT2D eigenvalue weighted by Gasteiger charge is 2.04. The predicted molar refractivity (Wildman–Crippen MR) is 60.4 cm³/mol. The van der Waals surface area contributed by atoms with Crippen molar-refractivity contribution in [1.82, 2.24) is 4.98 Å². The van der Waals surface area contributed by atoms with Crippen LogP contribution in [0.4, 0.5) is 5.69 Å². The van der Waals surface area contributed by atoms with Crippen molar-refractivity contribution in [1.29, 1.82) is 0 Å². The molecular weight excluding hydrogens is 262 g/mol. The van der Waals surface area contributed by atoms with Gasteiger partial charge >= 0.3 is 0 Å². The molecule has 1 aromatic heterocycles. The first-order valence-electron chi connectivity index (χ1n) is 4.41. The van der Waals surface area contributed by atoms with E-state index < -0.39 is 0 Å². The van der Waals surface area contributed by atoms with Gasteiger partial charge in [-0.25, -0.2) is 0 Å². The number of nitrogens with two attached hydrogens (primary N) is 1. The molecule has 5 nitrogen and oxygen atoms in total. The summed E-state index contributed by atoms with van der Waals surface area (Å²) in [6.07, 6.45) is 3.21. The van der Waals surface area contributed by atoms with Crippen molar-refractivity contribution in [3.05, 3.63) is 22.9 Å². The number of aromatic nitrogens is 1. The SMILES string of the molecule is NCCOCC(=O)Nc1ccncc1Br. The Hall–Kier alpha value is -0.980. The fourth-order valence-electron chi connectivity index (χ4n) is 0.911. The zero-order valence-corrected chi connectivity index (χ0v) is 9.66. The molecule has 0 radical (unpaired) electrons. The van der Waals surface area contributed by atoms with E-state index in [1.807, 2.05) is 0 Å². The number of nitrogens with zero attached hydrogens (tertiary/aromatic N) is 1. The molecule has 1 aromatic rings. The lowest BCUT2D eigenvalue weighted by Gasteiger charge is -2.06. The van der Waals surface area contributed by atoms with E-state index >= 15 is 0 Å². The Morgan fingerprint density at radius 1 is 1.67 bits per heavy atom. The van der Waals surface area contributed by atoms with Crippen molar-refractivity contribution >= 4 is 27.5 Å². The van der Waals surface area contributed by atoms with Crippen molar-refractivity contribution in [2.45, 2.75) is 0 Å². The standard InChI is InChI=1S/C9H12BrN3O2/c10-7-5-12-3-1-8(7)13-9(14)6-15-4-2-11/h1,3,5H,2,4,6,11H2,(H,12,13,14). The normalized spacial score (nSPS) is 10.0. The van der Waals surface area contributed by atoms with Gasteiger partial charge in [0.05, 0.1) is 16.8 Å². The molecule has 1 heterocycles. The van der Waals surface area contributed by atoms with Gasteiger partial charge in [-0.05, 0) is 22.0 Å². The Morgan fingerprint density at radius 2 is 2.47 bits per heavy atom. The topological polar surface area (TPSA) is 77.2 Å². The van der Waals surface area contributed by atoms with Gasteiger partial charge < -0.3 is 15.8 Å². The highest BCUT2D eigenvalue weighted by molar-refractivity contribution is 9.10. The summed E-state index contributed by atoms with van der Waals surface area (Å²) in [7, 11) is 0. The third-order valence-electron chi connectivity index (χ3n) is 1.54. The molecule has 0 saturated carbocycles. The molecule has 0 bridgehead atoms. The first-order chi connectivity index (χ1) is 7.24. The molecule has 0 aliphatic rings. The molecule has 0 spiro atoms. The van der Waals surface area contributed by atoms with Gasteiger partial charge in [0.15, 0.2) is 0 Å². The second-order valence-electron chi connectivity index (χ2n) is 2.74. The molecule has 3 N–H and O–H groups in total. The lowest BCUT2D eigenvalue weighted by Crippen LogP contribution is -2.20. The van der Waals surface area contributed by atoms with Crippen LogP contribution in [0.5, 0.6) is 0 Å². The minimum absolute atomic E-state index is 0.00592. The lowest BCUT2D eigenvalue weighted by molar-refractivity contribution is -0.120. The van der Waals surface area contributed by atoms with E-state index in [4.69, 9.17) is 10.5 Å². The minimum Gasteiger partial charge on any atom is -0.370 e. The molecule has 0 aromatic carbocycles. The van der Waals surface area contributed by atoms with Gasteiger partial charge in [-0.2, -0.15) is 0 Å². The van der Waals surface area contributed by atoms with Gasteiger partial charge in [0.25, 0.3) is 0 Å². The average Bonchev–Trinajstić information content (AvgIpc) is 2.22. The van der Waals surface area contributed by atoms with Crippen molar-refractivity contribution < 1.29 is 9.53 Å². The summed E-state index contributed by atoms with van der Waals surface area (Å²) in [4.78, 5) is 15.2. The van der Waals surface area contributed by atoms with Gasteiger partial charge in [-0.1, -0.05) is 0 Å². The van der Waals surface area contributed by atoms with Crippen molar-refractivity contribution in [2.75, 3.05) is 25.1 Å². The van der Waals surface area contributed by atoms with Crippen LogP contribution < -0.4 is 11.1 Å². The number of halogens is 1. The second-order valence-corrected chi connectivity index (χ2v) is 3.60. The van der Waals surface area contributed by atoms with Crippen LogP contribution in [0.3, 0.4) is 0 Å². The summed E-state index contributed by atoms with van der Waals surface area (Å²) < 4.78 is 5.72. The molecule has 6 heteroatoms. The summed E-state index contributed by atoms with van der Waals surface area (Å²) in [5, 5.41) is 2.68. The van der Waals surface area contributed by atoms with Crippen LogP contribution in [0.1, 0.15) is 0 Å². The van der Waals surface area contributed by atoms with Crippen LogP contribution >= 0.6 is 15.9 Å². The number of pyridine rings is 1. The molecule has 15 heavy (non-hydrogen) atoms. The Morgan fingerprint density at radius 3 is 3.13 bits per heavy atom. The fourth-order valence-corrected chi connectivity index (χ4v) is 1.26. The lowest BCUT2D eigenvalue weighted by atomic mass is 10.4. The number of hydrogen-bond donors (Lipinski definition) is 2. The highest BCUT2D eigenvalue weighted by atomic mass is 79.9. The quantitative estimate of drug-likeness (QED) is 0.777. The first kappa shape index (κ1) is 12.1. The molecule has 1 amide bonds.